The Balaban J connectivity index is 2.33. The first-order valence-electron chi connectivity index (χ1n) is 3.75. The third kappa shape index (κ3) is 2.79. The van der Waals surface area contributed by atoms with E-state index in [0.717, 1.165) is 5.69 Å². The topological polar surface area (TPSA) is 32.3 Å². The number of rotatable bonds is 4. The van der Waals surface area contributed by atoms with Crippen LogP contribution in [0.1, 0.15) is 4.88 Å². The van der Waals surface area contributed by atoms with Crippen LogP contribution in [0.4, 0.5) is 10.1 Å². The van der Waals surface area contributed by atoms with Gasteiger partial charge in [-0.2, -0.15) is 0 Å². The van der Waals surface area contributed by atoms with Crippen LogP contribution in [0.3, 0.4) is 0 Å². The zero-order valence-corrected chi connectivity index (χ0v) is 7.70. The lowest BCUT2D eigenvalue weighted by Crippen LogP contribution is -2.20. The SMILES string of the molecule is Cc1cc(NCC(O)CF)cs1. The molecule has 0 aliphatic carbocycles. The quantitative estimate of drug-likeness (QED) is 0.757. The number of aryl methyl sites for hydroxylation is 1. The van der Waals surface area contributed by atoms with Crippen molar-refractivity contribution in [1.82, 2.24) is 0 Å². The van der Waals surface area contributed by atoms with Crippen LogP contribution in [-0.2, 0) is 0 Å². The van der Waals surface area contributed by atoms with Crippen molar-refractivity contribution in [3.05, 3.63) is 16.3 Å². The van der Waals surface area contributed by atoms with E-state index in [1.807, 2.05) is 18.4 Å². The maximum atomic E-state index is 11.8. The first-order valence-corrected chi connectivity index (χ1v) is 4.63. The van der Waals surface area contributed by atoms with Gasteiger partial charge in [0, 0.05) is 22.5 Å². The highest BCUT2D eigenvalue weighted by Crippen LogP contribution is 2.17. The first-order chi connectivity index (χ1) is 5.72. The second kappa shape index (κ2) is 4.42. The van der Waals surface area contributed by atoms with E-state index in [9.17, 15) is 4.39 Å². The van der Waals surface area contributed by atoms with Gasteiger partial charge < -0.3 is 10.4 Å². The van der Waals surface area contributed by atoms with Crippen molar-refractivity contribution in [3.63, 3.8) is 0 Å². The molecule has 0 aliphatic heterocycles. The Morgan fingerprint density at radius 1 is 1.75 bits per heavy atom. The van der Waals surface area contributed by atoms with Crippen molar-refractivity contribution < 1.29 is 9.50 Å². The minimum absolute atomic E-state index is 0.271. The molecule has 0 bridgehead atoms. The Labute approximate surface area is 75.0 Å². The van der Waals surface area contributed by atoms with Crippen LogP contribution in [0, 0.1) is 6.92 Å². The highest BCUT2D eigenvalue weighted by atomic mass is 32.1. The molecule has 0 saturated carbocycles. The van der Waals surface area contributed by atoms with Crippen LogP contribution in [0.5, 0.6) is 0 Å². The van der Waals surface area contributed by atoms with Crippen LogP contribution >= 0.6 is 11.3 Å². The smallest absolute Gasteiger partial charge is 0.117 e. The van der Waals surface area contributed by atoms with Crippen LogP contribution < -0.4 is 5.32 Å². The zero-order chi connectivity index (χ0) is 8.97. The minimum atomic E-state index is -0.898. The van der Waals surface area contributed by atoms with Gasteiger partial charge in [-0.15, -0.1) is 11.3 Å². The van der Waals surface area contributed by atoms with Gasteiger partial charge in [-0.1, -0.05) is 0 Å². The van der Waals surface area contributed by atoms with Gasteiger partial charge in [-0.25, -0.2) is 4.39 Å². The van der Waals surface area contributed by atoms with E-state index in [1.165, 1.54) is 4.88 Å². The fourth-order valence-corrected chi connectivity index (χ4v) is 1.49. The standard InChI is InChI=1S/C8H12FNOS/c1-6-2-7(5-12-6)10-4-8(11)3-9/h2,5,8,10-11H,3-4H2,1H3. The van der Waals surface area contributed by atoms with Gasteiger partial charge in [0.05, 0.1) is 6.10 Å². The maximum Gasteiger partial charge on any atom is 0.117 e. The Hall–Kier alpha value is -0.610. The van der Waals surface area contributed by atoms with Gasteiger partial charge >= 0.3 is 0 Å². The molecule has 1 atom stereocenters. The van der Waals surface area contributed by atoms with Gasteiger partial charge in [0.1, 0.15) is 6.67 Å². The van der Waals surface area contributed by atoms with Gasteiger partial charge in [-0.3, -0.25) is 0 Å². The van der Waals surface area contributed by atoms with Gasteiger partial charge in [0.25, 0.3) is 0 Å². The molecule has 0 radical (unpaired) electrons. The minimum Gasteiger partial charge on any atom is -0.389 e. The summed E-state index contributed by atoms with van der Waals surface area (Å²) in [6.45, 7) is 1.57. The first kappa shape index (κ1) is 9.48. The summed E-state index contributed by atoms with van der Waals surface area (Å²) < 4.78 is 11.8. The molecule has 1 heterocycles. The summed E-state index contributed by atoms with van der Waals surface area (Å²) in [7, 11) is 0. The highest BCUT2D eigenvalue weighted by Gasteiger charge is 2.02. The largest absolute Gasteiger partial charge is 0.389 e. The molecule has 4 heteroatoms. The fourth-order valence-electron chi connectivity index (χ4n) is 0.826. The summed E-state index contributed by atoms with van der Waals surface area (Å²) in [5.41, 5.74) is 0.949. The number of aliphatic hydroxyl groups is 1. The number of halogens is 1. The Morgan fingerprint density at radius 2 is 2.50 bits per heavy atom. The van der Waals surface area contributed by atoms with Gasteiger partial charge in [-0.05, 0) is 13.0 Å². The monoisotopic (exact) mass is 189 g/mol. The molecule has 1 aromatic rings. The number of anilines is 1. The molecule has 0 aliphatic rings. The van der Waals surface area contributed by atoms with Crippen molar-refractivity contribution in [1.29, 1.82) is 0 Å². The van der Waals surface area contributed by atoms with E-state index in [2.05, 4.69) is 5.32 Å². The number of hydrogen-bond acceptors (Lipinski definition) is 3. The van der Waals surface area contributed by atoms with E-state index in [-0.39, 0.29) is 6.54 Å². The zero-order valence-electron chi connectivity index (χ0n) is 6.88. The molecule has 0 spiro atoms. The van der Waals surface area contributed by atoms with Gasteiger partial charge in [0.2, 0.25) is 0 Å². The maximum absolute atomic E-state index is 11.8. The van der Waals surface area contributed by atoms with Crippen molar-refractivity contribution in [2.75, 3.05) is 18.5 Å². The molecule has 0 amide bonds. The second-order valence-electron chi connectivity index (χ2n) is 2.64. The van der Waals surface area contributed by atoms with E-state index >= 15 is 0 Å². The summed E-state index contributed by atoms with van der Waals surface area (Å²) in [5, 5.41) is 13.8. The molecule has 1 unspecified atom stereocenters. The summed E-state index contributed by atoms with van der Waals surface area (Å²) in [5.74, 6) is 0. The molecule has 0 aromatic carbocycles. The molecule has 12 heavy (non-hydrogen) atoms. The molecule has 68 valence electrons. The van der Waals surface area contributed by atoms with Gasteiger partial charge in [0.15, 0.2) is 0 Å². The average molecular weight is 189 g/mol. The number of hydrogen-bond donors (Lipinski definition) is 2. The van der Waals surface area contributed by atoms with Crippen LogP contribution in [0.15, 0.2) is 11.4 Å². The Morgan fingerprint density at radius 3 is 3.00 bits per heavy atom. The van der Waals surface area contributed by atoms with Crippen LogP contribution in [-0.4, -0.2) is 24.4 Å². The Kier molecular flexibility index (Phi) is 3.49. The molecule has 0 saturated heterocycles. The fraction of sp³-hybridized carbons (Fsp3) is 0.500. The van der Waals surface area contributed by atoms with E-state index < -0.39 is 12.8 Å². The molecular formula is C8H12FNOS. The lowest BCUT2D eigenvalue weighted by molar-refractivity contribution is 0.151. The normalized spacial score (nSPS) is 12.9. The third-order valence-electron chi connectivity index (χ3n) is 1.45. The predicted octanol–water partition coefficient (Wildman–Crippen LogP) is 1.80. The molecular weight excluding hydrogens is 177 g/mol. The van der Waals surface area contributed by atoms with Crippen molar-refractivity contribution >= 4 is 17.0 Å². The number of aliphatic hydroxyl groups excluding tert-OH is 1. The highest BCUT2D eigenvalue weighted by molar-refractivity contribution is 7.10. The third-order valence-corrected chi connectivity index (χ3v) is 2.31. The summed E-state index contributed by atoms with van der Waals surface area (Å²) in [4.78, 5) is 1.20. The predicted molar refractivity (Wildman–Crippen MR) is 49.5 cm³/mol. The molecule has 1 aromatic heterocycles. The number of alkyl halides is 1. The Bertz CT molecular complexity index is 239. The van der Waals surface area contributed by atoms with E-state index in [1.54, 1.807) is 11.3 Å². The summed E-state index contributed by atoms with van der Waals surface area (Å²) in [6.07, 6.45) is -0.898. The summed E-state index contributed by atoms with van der Waals surface area (Å²) >= 11 is 1.63. The molecule has 0 fully saturated rings. The number of nitrogens with one attached hydrogen (secondary N) is 1. The number of thiophene rings is 1. The molecule has 2 nitrogen and oxygen atoms in total. The summed E-state index contributed by atoms with van der Waals surface area (Å²) in [6, 6.07) is 1.97. The van der Waals surface area contributed by atoms with Crippen molar-refractivity contribution in [2.24, 2.45) is 0 Å². The van der Waals surface area contributed by atoms with Crippen molar-refractivity contribution in [2.45, 2.75) is 13.0 Å². The van der Waals surface area contributed by atoms with Crippen molar-refractivity contribution in [3.8, 4) is 0 Å². The second-order valence-corrected chi connectivity index (χ2v) is 3.75. The van der Waals surface area contributed by atoms with Crippen LogP contribution in [0.25, 0.3) is 0 Å². The van der Waals surface area contributed by atoms with Crippen LogP contribution in [0.2, 0.25) is 0 Å². The molecule has 1 rings (SSSR count). The lowest BCUT2D eigenvalue weighted by atomic mass is 10.3. The molecule has 2 N–H and O–H groups in total. The van der Waals surface area contributed by atoms with E-state index in [0.29, 0.717) is 0 Å². The van der Waals surface area contributed by atoms with E-state index in [4.69, 9.17) is 5.11 Å². The lowest BCUT2D eigenvalue weighted by Gasteiger charge is -2.06. The average Bonchev–Trinajstić information content (AvgIpc) is 2.47.